The number of unbranched alkanes of at least 4 members (excludes halogenated alkanes) is 4. The number of aryl methyl sites for hydroxylation is 2. The highest BCUT2D eigenvalue weighted by Crippen LogP contribution is 2.10. The molecule has 0 spiro atoms. The molecule has 0 saturated heterocycles. The van der Waals surface area contributed by atoms with E-state index in [2.05, 4.69) is 24.9 Å². The smallest absolute Gasteiger partial charge is 0.0404 e. The van der Waals surface area contributed by atoms with Crippen molar-refractivity contribution < 1.29 is 0 Å². The highest BCUT2D eigenvalue weighted by Gasteiger charge is 1.97. The number of pyridine rings is 1. The molecule has 0 aliphatic carbocycles. The fourth-order valence-corrected chi connectivity index (χ4v) is 1.70. The van der Waals surface area contributed by atoms with Crippen LogP contribution in [0, 0.1) is 6.92 Å². The molecule has 1 rings (SSSR count). The van der Waals surface area contributed by atoms with E-state index in [4.69, 9.17) is 0 Å². The molecule has 1 heterocycles. The van der Waals surface area contributed by atoms with E-state index in [9.17, 15) is 0 Å². The van der Waals surface area contributed by atoms with Crippen LogP contribution >= 0.6 is 0 Å². The van der Waals surface area contributed by atoms with Crippen molar-refractivity contribution in [1.82, 2.24) is 4.98 Å². The summed E-state index contributed by atoms with van der Waals surface area (Å²) in [4.78, 5) is 4.29. The van der Waals surface area contributed by atoms with Crippen molar-refractivity contribution in [3.8, 4) is 0 Å². The third kappa shape index (κ3) is 6.60. The molecule has 0 bridgehead atoms. The second-order valence-electron chi connectivity index (χ2n) is 3.91. The Morgan fingerprint density at radius 1 is 1.06 bits per heavy atom. The molecule has 0 unspecified atom stereocenters. The van der Waals surface area contributed by atoms with Crippen LogP contribution in [0.5, 0.6) is 0 Å². The van der Waals surface area contributed by atoms with Gasteiger partial charge in [-0.15, -0.1) is 0 Å². The molecule has 92 valence electrons. The minimum absolute atomic E-state index is 1.20. The van der Waals surface area contributed by atoms with Crippen molar-refractivity contribution in [3.63, 3.8) is 0 Å². The average Bonchev–Trinajstić information content (AvgIpc) is 2.34. The lowest BCUT2D eigenvalue weighted by atomic mass is 10.0. The summed E-state index contributed by atoms with van der Waals surface area (Å²) < 4.78 is 0. The van der Waals surface area contributed by atoms with E-state index in [0.717, 1.165) is 0 Å². The Morgan fingerprint density at radius 3 is 2.38 bits per heavy atom. The van der Waals surface area contributed by atoms with Crippen LogP contribution in [0.3, 0.4) is 0 Å². The van der Waals surface area contributed by atoms with E-state index in [1.54, 1.807) is 0 Å². The van der Waals surface area contributed by atoms with Crippen LogP contribution in [0.4, 0.5) is 0 Å². The Bertz CT molecular complexity index is 255. The largest absolute Gasteiger partial charge is 0.261 e. The highest BCUT2D eigenvalue weighted by molar-refractivity contribution is 5.18. The molecule has 0 fully saturated rings. The lowest BCUT2D eigenvalue weighted by Gasteiger charge is -2.03. The first-order valence-corrected chi connectivity index (χ1v) is 6.75. The summed E-state index contributed by atoms with van der Waals surface area (Å²) in [6, 6.07) is 4.23. The molecule has 1 aromatic heterocycles. The van der Waals surface area contributed by atoms with E-state index in [1.165, 1.54) is 49.8 Å². The molecule has 0 aliphatic rings. The van der Waals surface area contributed by atoms with Gasteiger partial charge in [0.2, 0.25) is 0 Å². The predicted molar refractivity (Wildman–Crippen MR) is 72.8 cm³/mol. The maximum atomic E-state index is 4.29. The van der Waals surface area contributed by atoms with Crippen molar-refractivity contribution >= 4 is 0 Å². The van der Waals surface area contributed by atoms with Crippen LogP contribution in [0.15, 0.2) is 18.3 Å². The average molecular weight is 221 g/mol. The Morgan fingerprint density at radius 2 is 1.75 bits per heavy atom. The van der Waals surface area contributed by atoms with Gasteiger partial charge in [-0.05, 0) is 31.4 Å². The molecule has 0 N–H and O–H groups in total. The van der Waals surface area contributed by atoms with Gasteiger partial charge < -0.3 is 0 Å². The molecule has 0 aliphatic heterocycles. The molecule has 0 aromatic carbocycles. The summed E-state index contributed by atoms with van der Waals surface area (Å²) in [5, 5.41) is 0. The molecule has 1 aromatic rings. The monoisotopic (exact) mass is 221 g/mol. The number of rotatable bonds is 6. The van der Waals surface area contributed by atoms with Crippen LogP contribution in [-0.2, 0) is 6.42 Å². The van der Waals surface area contributed by atoms with Crippen molar-refractivity contribution in [2.24, 2.45) is 0 Å². The fourth-order valence-electron chi connectivity index (χ4n) is 1.70. The summed E-state index contributed by atoms with van der Waals surface area (Å²) in [6.45, 7) is 8.35. The third-order valence-corrected chi connectivity index (χ3v) is 2.67. The topological polar surface area (TPSA) is 12.9 Å². The lowest BCUT2D eigenvalue weighted by molar-refractivity contribution is 0.630. The van der Waals surface area contributed by atoms with Gasteiger partial charge in [-0.2, -0.15) is 0 Å². The van der Waals surface area contributed by atoms with Gasteiger partial charge in [0.1, 0.15) is 0 Å². The maximum absolute atomic E-state index is 4.29. The zero-order valence-corrected chi connectivity index (χ0v) is 11.4. The van der Waals surface area contributed by atoms with E-state index < -0.39 is 0 Å². The number of nitrogens with zero attached hydrogens (tertiary/aromatic N) is 1. The Kier molecular flexibility index (Phi) is 10.1. The van der Waals surface area contributed by atoms with Gasteiger partial charge in [0, 0.05) is 11.9 Å². The van der Waals surface area contributed by atoms with Crippen molar-refractivity contribution in [1.29, 1.82) is 0 Å². The number of hydrogen-bond donors (Lipinski definition) is 0. The quantitative estimate of drug-likeness (QED) is 0.621. The molecule has 1 nitrogen and oxygen atoms in total. The van der Waals surface area contributed by atoms with Gasteiger partial charge in [0.05, 0.1) is 0 Å². The maximum Gasteiger partial charge on any atom is 0.0404 e. The Labute approximate surface area is 101 Å². The first-order chi connectivity index (χ1) is 7.84. The van der Waals surface area contributed by atoms with Crippen LogP contribution in [0.25, 0.3) is 0 Å². The zero-order valence-electron chi connectivity index (χ0n) is 11.4. The second-order valence-corrected chi connectivity index (χ2v) is 3.91. The van der Waals surface area contributed by atoms with Gasteiger partial charge in [-0.1, -0.05) is 52.5 Å². The highest BCUT2D eigenvalue weighted by atomic mass is 14.7. The van der Waals surface area contributed by atoms with Crippen LogP contribution in [-0.4, -0.2) is 4.98 Å². The van der Waals surface area contributed by atoms with Crippen molar-refractivity contribution in [2.75, 3.05) is 0 Å². The molecular formula is C15H27N. The first kappa shape index (κ1) is 15.2. The second kappa shape index (κ2) is 10.7. The SMILES string of the molecule is CC.CCCCCCCc1cccnc1C. The van der Waals surface area contributed by atoms with Gasteiger partial charge >= 0.3 is 0 Å². The van der Waals surface area contributed by atoms with Crippen molar-refractivity contribution in [3.05, 3.63) is 29.6 Å². The summed E-state index contributed by atoms with van der Waals surface area (Å²) >= 11 is 0. The summed E-state index contributed by atoms with van der Waals surface area (Å²) in [5.74, 6) is 0. The normalized spacial score (nSPS) is 9.50. The summed E-state index contributed by atoms with van der Waals surface area (Å²) in [7, 11) is 0. The minimum atomic E-state index is 1.20. The summed E-state index contributed by atoms with van der Waals surface area (Å²) in [6.07, 6.45) is 9.84. The lowest BCUT2D eigenvalue weighted by Crippen LogP contribution is -1.92. The van der Waals surface area contributed by atoms with Gasteiger partial charge in [-0.3, -0.25) is 4.98 Å². The Balaban J connectivity index is 0.00000106. The van der Waals surface area contributed by atoms with E-state index in [-0.39, 0.29) is 0 Å². The molecule has 16 heavy (non-hydrogen) atoms. The molecule has 0 saturated carbocycles. The minimum Gasteiger partial charge on any atom is -0.261 e. The van der Waals surface area contributed by atoms with Crippen LogP contribution < -0.4 is 0 Å². The van der Waals surface area contributed by atoms with Crippen LogP contribution in [0.2, 0.25) is 0 Å². The fraction of sp³-hybridized carbons (Fsp3) is 0.667. The third-order valence-electron chi connectivity index (χ3n) is 2.67. The number of hydrogen-bond acceptors (Lipinski definition) is 1. The van der Waals surface area contributed by atoms with Gasteiger partial charge in [-0.25, -0.2) is 0 Å². The molecule has 1 heteroatoms. The van der Waals surface area contributed by atoms with Gasteiger partial charge in [0.15, 0.2) is 0 Å². The van der Waals surface area contributed by atoms with Gasteiger partial charge in [0.25, 0.3) is 0 Å². The molecule has 0 radical (unpaired) electrons. The van der Waals surface area contributed by atoms with E-state index in [0.29, 0.717) is 0 Å². The van der Waals surface area contributed by atoms with E-state index in [1.807, 2.05) is 26.1 Å². The molecular weight excluding hydrogens is 194 g/mol. The van der Waals surface area contributed by atoms with E-state index >= 15 is 0 Å². The number of aromatic nitrogens is 1. The zero-order chi connectivity index (χ0) is 12.2. The standard InChI is InChI=1S/C13H21N.C2H6/c1-3-4-5-6-7-9-13-10-8-11-14-12(13)2;1-2/h8,10-11H,3-7,9H2,1-2H3;1-2H3. The first-order valence-electron chi connectivity index (χ1n) is 6.75. The Hall–Kier alpha value is -0.850. The summed E-state index contributed by atoms with van der Waals surface area (Å²) in [5.41, 5.74) is 2.62. The van der Waals surface area contributed by atoms with Crippen molar-refractivity contribution in [2.45, 2.75) is 66.2 Å². The van der Waals surface area contributed by atoms with Crippen LogP contribution in [0.1, 0.15) is 64.1 Å². The predicted octanol–water partition coefficient (Wildman–Crippen LogP) is 4.93. The molecule has 0 atom stereocenters. The molecule has 0 amide bonds.